The Kier molecular flexibility index (Phi) is 6.60. The first-order valence-electron chi connectivity index (χ1n) is 8.09. The summed E-state index contributed by atoms with van der Waals surface area (Å²) in [5, 5.41) is 0. The minimum absolute atomic E-state index is 0.215. The van der Waals surface area contributed by atoms with Crippen LogP contribution in [0.15, 0.2) is 42.5 Å². The summed E-state index contributed by atoms with van der Waals surface area (Å²) in [6.07, 6.45) is 3.12. The van der Waals surface area contributed by atoms with Gasteiger partial charge in [-0.25, -0.2) is 4.39 Å². The molecule has 0 heterocycles. The molecule has 2 aromatic carbocycles. The van der Waals surface area contributed by atoms with E-state index in [2.05, 4.69) is 0 Å². The fourth-order valence-electron chi connectivity index (χ4n) is 2.54. The second kappa shape index (κ2) is 8.89. The zero-order valence-corrected chi connectivity index (χ0v) is 15.3. The van der Waals surface area contributed by atoms with Gasteiger partial charge in [0.15, 0.2) is 11.5 Å². The van der Waals surface area contributed by atoms with Crippen LogP contribution in [0.1, 0.15) is 12.5 Å². The van der Waals surface area contributed by atoms with Crippen LogP contribution in [0.5, 0.6) is 17.2 Å². The minimum Gasteiger partial charge on any atom is -0.493 e. The quantitative estimate of drug-likeness (QED) is 0.703. The van der Waals surface area contributed by atoms with E-state index >= 15 is 0 Å². The summed E-state index contributed by atoms with van der Waals surface area (Å²) in [6.45, 7) is 2.32. The molecular weight excluding hydrogens is 337 g/mol. The number of hydrogen-bond acceptors (Lipinski definition) is 4. The van der Waals surface area contributed by atoms with Crippen molar-refractivity contribution < 1.29 is 23.4 Å². The smallest absolute Gasteiger partial charge is 0.250 e. The largest absolute Gasteiger partial charge is 0.493 e. The number of likely N-dealkylation sites (N-methyl/N-ethyl adjacent to an activating group) is 1. The van der Waals surface area contributed by atoms with Gasteiger partial charge in [0.25, 0.3) is 5.91 Å². The van der Waals surface area contributed by atoms with E-state index < -0.39 is 0 Å². The Hall–Kier alpha value is -3.02. The second-order valence-corrected chi connectivity index (χ2v) is 5.35. The number of rotatable bonds is 7. The highest BCUT2D eigenvalue weighted by molar-refractivity contribution is 6.03. The fraction of sp³-hybridized carbons (Fsp3) is 0.250. The molecule has 0 aliphatic heterocycles. The van der Waals surface area contributed by atoms with Gasteiger partial charge in [0.1, 0.15) is 5.82 Å². The number of halogens is 1. The number of benzene rings is 2. The standard InChI is InChI=1S/C20H22FNO4/c1-5-22(16-9-7-15(21)8-10-16)19(23)11-6-14-12-17(24-2)20(26-4)18(13-14)25-3/h6-13H,5H2,1-4H3/b11-6+. The first kappa shape index (κ1) is 19.3. The molecule has 2 aromatic rings. The lowest BCUT2D eigenvalue weighted by molar-refractivity contribution is -0.114. The summed E-state index contributed by atoms with van der Waals surface area (Å²) in [5.41, 5.74) is 1.36. The molecule has 0 atom stereocenters. The molecule has 0 saturated carbocycles. The van der Waals surface area contributed by atoms with Crippen molar-refractivity contribution in [3.05, 3.63) is 53.9 Å². The molecule has 1 amide bonds. The topological polar surface area (TPSA) is 48.0 Å². The molecule has 138 valence electrons. The van der Waals surface area contributed by atoms with Crippen LogP contribution in [0.3, 0.4) is 0 Å². The number of carbonyl (C=O) groups excluding carboxylic acids is 1. The monoisotopic (exact) mass is 359 g/mol. The third-order valence-electron chi connectivity index (χ3n) is 3.83. The molecule has 26 heavy (non-hydrogen) atoms. The number of hydrogen-bond donors (Lipinski definition) is 0. The highest BCUT2D eigenvalue weighted by Gasteiger charge is 2.14. The number of ether oxygens (including phenoxy) is 3. The van der Waals surface area contributed by atoms with Crippen molar-refractivity contribution >= 4 is 17.7 Å². The van der Waals surface area contributed by atoms with Crippen LogP contribution in [0.4, 0.5) is 10.1 Å². The van der Waals surface area contributed by atoms with Crippen LogP contribution < -0.4 is 19.1 Å². The molecule has 0 aromatic heterocycles. The number of methoxy groups -OCH3 is 3. The van der Waals surface area contributed by atoms with E-state index in [4.69, 9.17) is 14.2 Å². The summed E-state index contributed by atoms with van der Waals surface area (Å²) in [7, 11) is 4.59. The van der Waals surface area contributed by atoms with Crippen LogP contribution >= 0.6 is 0 Å². The van der Waals surface area contributed by atoms with E-state index in [9.17, 15) is 9.18 Å². The highest BCUT2D eigenvalue weighted by Crippen LogP contribution is 2.38. The molecule has 0 bridgehead atoms. The number of amides is 1. The lowest BCUT2D eigenvalue weighted by Gasteiger charge is -2.19. The molecule has 0 saturated heterocycles. The molecule has 0 spiro atoms. The Labute approximate surface area is 152 Å². The van der Waals surface area contributed by atoms with E-state index in [1.54, 1.807) is 35.2 Å². The summed E-state index contributed by atoms with van der Waals surface area (Å²) in [6, 6.07) is 9.30. The first-order valence-corrected chi connectivity index (χ1v) is 8.09. The summed E-state index contributed by atoms with van der Waals surface area (Å²) < 4.78 is 29.0. The lowest BCUT2D eigenvalue weighted by atomic mass is 10.1. The zero-order valence-electron chi connectivity index (χ0n) is 15.3. The van der Waals surface area contributed by atoms with Crippen LogP contribution in [0.2, 0.25) is 0 Å². The van der Waals surface area contributed by atoms with Gasteiger partial charge in [0.2, 0.25) is 5.75 Å². The molecule has 2 rings (SSSR count). The van der Waals surface area contributed by atoms with Gasteiger partial charge in [0.05, 0.1) is 21.3 Å². The molecule has 0 unspecified atom stereocenters. The molecular formula is C20H22FNO4. The summed E-state index contributed by atoms with van der Waals surface area (Å²) >= 11 is 0. The summed E-state index contributed by atoms with van der Waals surface area (Å²) in [4.78, 5) is 14.1. The fourth-order valence-corrected chi connectivity index (χ4v) is 2.54. The van der Waals surface area contributed by atoms with E-state index in [0.29, 0.717) is 29.5 Å². The van der Waals surface area contributed by atoms with Crippen LogP contribution in [-0.4, -0.2) is 33.8 Å². The number of anilines is 1. The Morgan fingerprint density at radius 2 is 1.62 bits per heavy atom. The van der Waals surface area contributed by atoms with Crippen molar-refractivity contribution in [2.75, 3.05) is 32.8 Å². The van der Waals surface area contributed by atoms with Gasteiger partial charge in [0, 0.05) is 18.3 Å². The Morgan fingerprint density at radius 1 is 1.04 bits per heavy atom. The molecule has 0 aliphatic rings. The van der Waals surface area contributed by atoms with Crippen molar-refractivity contribution in [3.63, 3.8) is 0 Å². The maximum atomic E-state index is 13.1. The van der Waals surface area contributed by atoms with E-state index in [0.717, 1.165) is 5.56 Å². The van der Waals surface area contributed by atoms with Gasteiger partial charge in [-0.3, -0.25) is 4.79 Å². The highest BCUT2D eigenvalue weighted by atomic mass is 19.1. The Balaban J connectivity index is 2.27. The van der Waals surface area contributed by atoms with Gasteiger partial charge >= 0.3 is 0 Å². The lowest BCUT2D eigenvalue weighted by Crippen LogP contribution is -2.28. The van der Waals surface area contributed by atoms with Crippen molar-refractivity contribution in [1.82, 2.24) is 0 Å². The van der Waals surface area contributed by atoms with Crippen molar-refractivity contribution in [1.29, 1.82) is 0 Å². The van der Waals surface area contributed by atoms with Crippen molar-refractivity contribution in [3.8, 4) is 17.2 Å². The molecule has 5 nitrogen and oxygen atoms in total. The average molecular weight is 359 g/mol. The normalized spacial score (nSPS) is 10.7. The summed E-state index contributed by atoms with van der Waals surface area (Å²) in [5.74, 6) is 0.938. The average Bonchev–Trinajstić information content (AvgIpc) is 2.67. The van der Waals surface area contributed by atoms with Crippen molar-refractivity contribution in [2.45, 2.75) is 6.92 Å². The van der Waals surface area contributed by atoms with E-state index in [-0.39, 0.29) is 11.7 Å². The van der Waals surface area contributed by atoms with Gasteiger partial charge in [-0.05, 0) is 55.0 Å². The molecule has 6 heteroatoms. The van der Waals surface area contributed by atoms with Gasteiger partial charge in [-0.2, -0.15) is 0 Å². The van der Waals surface area contributed by atoms with Crippen LogP contribution in [-0.2, 0) is 4.79 Å². The van der Waals surface area contributed by atoms with Crippen LogP contribution in [0.25, 0.3) is 6.08 Å². The zero-order chi connectivity index (χ0) is 19.1. The SMILES string of the molecule is CCN(C(=O)/C=C/c1cc(OC)c(OC)c(OC)c1)c1ccc(F)cc1. The Morgan fingerprint density at radius 3 is 2.08 bits per heavy atom. The minimum atomic E-state index is -0.342. The third kappa shape index (κ3) is 4.33. The van der Waals surface area contributed by atoms with E-state index in [1.807, 2.05) is 6.92 Å². The third-order valence-corrected chi connectivity index (χ3v) is 3.83. The molecule has 0 aliphatic carbocycles. The van der Waals surface area contributed by atoms with Gasteiger partial charge in [-0.15, -0.1) is 0 Å². The predicted octanol–water partition coefficient (Wildman–Crippen LogP) is 3.92. The predicted molar refractivity (Wildman–Crippen MR) is 99.6 cm³/mol. The molecule has 0 fully saturated rings. The van der Waals surface area contributed by atoms with Crippen LogP contribution in [0, 0.1) is 5.82 Å². The number of nitrogens with zero attached hydrogens (tertiary/aromatic N) is 1. The maximum absolute atomic E-state index is 13.1. The second-order valence-electron chi connectivity index (χ2n) is 5.35. The molecule has 0 radical (unpaired) electrons. The first-order chi connectivity index (χ1) is 12.5. The van der Waals surface area contributed by atoms with E-state index in [1.165, 1.54) is 39.5 Å². The van der Waals surface area contributed by atoms with Gasteiger partial charge in [-0.1, -0.05) is 0 Å². The maximum Gasteiger partial charge on any atom is 0.250 e. The number of carbonyl (C=O) groups is 1. The molecule has 0 N–H and O–H groups in total. The van der Waals surface area contributed by atoms with Gasteiger partial charge < -0.3 is 19.1 Å². The van der Waals surface area contributed by atoms with Crippen molar-refractivity contribution in [2.24, 2.45) is 0 Å². The Bertz CT molecular complexity index is 762.